The number of terminal acetylenes is 1. The van der Waals surface area contributed by atoms with Gasteiger partial charge in [-0.05, 0) is 49.2 Å². The molecule has 1 amide bonds. The van der Waals surface area contributed by atoms with Gasteiger partial charge in [-0.2, -0.15) is 0 Å². The van der Waals surface area contributed by atoms with Gasteiger partial charge in [0.25, 0.3) is 5.91 Å². The molecule has 4 nitrogen and oxygen atoms in total. The van der Waals surface area contributed by atoms with Crippen LogP contribution in [0.1, 0.15) is 23.2 Å². The van der Waals surface area contributed by atoms with Gasteiger partial charge in [-0.3, -0.25) is 4.79 Å². The van der Waals surface area contributed by atoms with Gasteiger partial charge >= 0.3 is 0 Å². The van der Waals surface area contributed by atoms with Gasteiger partial charge in [0, 0.05) is 24.6 Å². The molecule has 1 saturated heterocycles. The normalized spacial score (nSPS) is 16.7. The Hall–Kier alpha value is -2.77. The highest BCUT2D eigenvalue weighted by Gasteiger charge is 2.24. The number of para-hydroxylation sites is 1. The van der Waals surface area contributed by atoms with Crippen LogP contribution in [0, 0.1) is 18.3 Å². The highest BCUT2D eigenvalue weighted by molar-refractivity contribution is 5.94. The van der Waals surface area contributed by atoms with E-state index >= 15 is 0 Å². The van der Waals surface area contributed by atoms with Gasteiger partial charge in [0.05, 0.1) is 6.61 Å². The van der Waals surface area contributed by atoms with Crippen molar-refractivity contribution < 1.29 is 14.3 Å². The molecule has 1 aliphatic heterocycles. The summed E-state index contributed by atoms with van der Waals surface area (Å²) in [6, 6.07) is 16.9. The van der Waals surface area contributed by atoms with E-state index in [4.69, 9.17) is 15.9 Å². The average molecular weight is 349 g/mol. The lowest BCUT2D eigenvalue weighted by molar-refractivity contribution is 0.0534. The second kappa shape index (κ2) is 9.07. The lowest BCUT2D eigenvalue weighted by atomic mass is 9.98. The number of amides is 1. The number of ether oxygens (including phenoxy) is 2. The number of benzene rings is 2. The van der Waals surface area contributed by atoms with Crippen molar-refractivity contribution in [3.8, 4) is 23.8 Å². The second-order valence-corrected chi connectivity index (χ2v) is 6.42. The summed E-state index contributed by atoms with van der Waals surface area (Å²) in [5.41, 5.74) is 0.676. The fraction of sp³-hybridized carbons (Fsp3) is 0.318. The minimum Gasteiger partial charge on any atom is -0.457 e. The Kier molecular flexibility index (Phi) is 6.29. The summed E-state index contributed by atoms with van der Waals surface area (Å²) in [5, 5.41) is 0. The smallest absolute Gasteiger partial charge is 0.253 e. The van der Waals surface area contributed by atoms with Crippen LogP contribution < -0.4 is 4.74 Å². The number of hydrogen-bond acceptors (Lipinski definition) is 3. The summed E-state index contributed by atoms with van der Waals surface area (Å²) in [7, 11) is 0. The Morgan fingerprint density at radius 3 is 2.58 bits per heavy atom. The van der Waals surface area contributed by atoms with Crippen molar-refractivity contribution in [2.45, 2.75) is 12.8 Å². The van der Waals surface area contributed by atoms with Crippen LogP contribution in [0.2, 0.25) is 0 Å². The molecule has 0 radical (unpaired) electrons. The Morgan fingerprint density at radius 2 is 1.85 bits per heavy atom. The molecule has 1 aliphatic rings. The third kappa shape index (κ3) is 4.87. The molecule has 0 aliphatic carbocycles. The van der Waals surface area contributed by atoms with Gasteiger partial charge < -0.3 is 14.4 Å². The fourth-order valence-corrected chi connectivity index (χ4v) is 3.14. The lowest BCUT2D eigenvalue weighted by Gasteiger charge is -2.32. The van der Waals surface area contributed by atoms with Crippen LogP contribution in [0.4, 0.5) is 0 Å². The molecule has 3 rings (SSSR count). The van der Waals surface area contributed by atoms with Crippen LogP contribution in [0.25, 0.3) is 0 Å². The van der Waals surface area contributed by atoms with E-state index in [2.05, 4.69) is 5.92 Å². The lowest BCUT2D eigenvalue weighted by Crippen LogP contribution is -2.41. The first-order valence-electron chi connectivity index (χ1n) is 8.89. The molecule has 2 aromatic carbocycles. The Labute approximate surface area is 154 Å². The standard InChI is InChI=1S/C22H23NO3/c1-2-15-25-17-18-7-6-14-23(16-18)22(24)19-10-12-21(13-11-19)26-20-8-4-3-5-9-20/h1,3-5,8-13,18H,6-7,14-17H2. The summed E-state index contributed by atoms with van der Waals surface area (Å²) in [5.74, 6) is 4.37. The molecule has 0 aromatic heterocycles. The minimum atomic E-state index is 0.0536. The number of hydrogen-bond donors (Lipinski definition) is 0. The van der Waals surface area contributed by atoms with E-state index in [0.29, 0.717) is 37.0 Å². The maximum absolute atomic E-state index is 12.8. The summed E-state index contributed by atoms with van der Waals surface area (Å²) >= 11 is 0. The number of carbonyl (C=O) groups is 1. The molecule has 1 fully saturated rings. The van der Waals surface area contributed by atoms with E-state index < -0.39 is 0 Å². The summed E-state index contributed by atoms with van der Waals surface area (Å²) < 4.78 is 11.2. The molecular formula is C22H23NO3. The van der Waals surface area contributed by atoms with Crippen LogP contribution >= 0.6 is 0 Å². The van der Waals surface area contributed by atoms with Crippen molar-refractivity contribution in [3.63, 3.8) is 0 Å². The van der Waals surface area contributed by atoms with Crippen molar-refractivity contribution in [1.82, 2.24) is 4.90 Å². The van der Waals surface area contributed by atoms with Crippen molar-refractivity contribution in [1.29, 1.82) is 0 Å². The van der Waals surface area contributed by atoms with E-state index in [9.17, 15) is 4.79 Å². The molecule has 1 unspecified atom stereocenters. The third-order valence-electron chi connectivity index (χ3n) is 4.43. The summed E-state index contributed by atoms with van der Waals surface area (Å²) in [6.07, 6.45) is 7.27. The predicted molar refractivity (Wildman–Crippen MR) is 101 cm³/mol. The minimum absolute atomic E-state index is 0.0536. The molecule has 0 spiro atoms. The summed E-state index contributed by atoms with van der Waals surface area (Å²) in [4.78, 5) is 14.7. The van der Waals surface area contributed by atoms with Crippen LogP contribution in [0.3, 0.4) is 0 Å². The molecule has 0 N–H and O–H groups in total. The van der Waals surface area contributed by atoms with E-state index in [1.807, 2.05) is 59.5 Å². The van der Waals surface area contributed by atoms with Gasteiger partial charge in [0.2, 0.25) is 0 Å². The molecule has 0 saturated carbocycles. The van der Waals surface area contributed by atoms with E-state index in [0.717, 1.165) is 25.1 Å². The third-order valence-corrected chi connectivity index (χ3v) is 4.43. The molecule has 4 heteroatoms. The van der Waals surface area contributed by atoms with Crippen molar-refractivity contribution in [2.75, 3.05) is 26.3 Å². The van der Waals surface area contributed by atoms with Gasteiger partial charge in [0.15, 0.2) is 0 Å². The first-order valence-corrected chi connectivity index (χ1v) is 8.89. The number of nitrogens with zero attached hydrogens (tertiary/aromatic N) is 1. The number of piperidine rings is 1. The quantitative estimate of drug-likeness (QED) is 0.585. The highest BCUT2D eigenvalue weighted by atomic mass is 16.5. The SMILES string of the molecule is C#CCOCC1CCCN(C(=O)c2ccc(Oc3ccccc3)cc2)C1. The zero-order valence-corrected chi connectivity index (χ0v) is 14.8. The van der Waals surface area contributed by atoms with Crippen LogP contribution in [-0.2, 0) is 4.74 Å². The maximum atomic E-state index is 12.8. The summed E-state index contributed by atoms with van der Waals surface area (Å²) in [6.45, 7) is 2.43. The van der Waals surface area contributed by atoms with Gasteiger partial charge in [0.1, 0.15) is 18.1 Å². The fourth-order valence-electron chi connectivity index (χ4n) is 3.14. The van der Waals surface area contributed by atoms with Gasteiger partial charge in [-0.1, -0.05) is 24.1 Å². The number of rotatable bonds is 6. The molecule has 0 bridgehead atoms. The molecule has 1 heterocycles. The van der Waals surface area contributed by atoms with E-state index in [1.54, 1.807) is 0 Å². The van der Waals surface area contributed by atoms with Crippen LogP contribution in [-0.4, -0.2) is 37.1 Å². The number of likely N-dealkylation sites (tertiary alicyclic amines) is 1. The topological polar surface area (TPSA) is 38.8 Å². The van der Waals surface area contributed by atoms with Gasteiger partial charge in [-0.15, -0.1) is 6.42 Å². The second-order valence-electron chi connectivity index (χ2n) is 6.42. The molecule has 1 atom stereocenters. The zero-order chi connectivity index (χ0) is 18.2. The number of carbonyl (C=O) groups excluding carboxylic acids is 1. The monoisotopic (exact) mass is 349 g/mol. The van der Waals surface area contributed by atoms with Crippen LogP contribution in [0.15, 0.2) is 54.6 Å². The molecular weight excluding hydrogens is 326 g/mol. The average Bonchev–Trinajstić information content (AvgIpc) is 2.69. The zero-order valence-electron chi connectivity index (χ0n) is 14.8. The first-order chi connectivity index (χ1) is 12.8. The van der Waals surface area contributed by atoms with Crippen molar-refractivity contribution >= 4 is 5.91 Å². The molecule has 134 valence electrons. The Balaban J connectivity index is 1.58. The molecule has 2 aromatic rings. The van der Waals surface area contributed by atoms with Crippen LogP contribution in [0.5, 0.6) is 11.5 Å². The van der Waals surface area contributed by atoms with E-state index in [-0.39, 0.29) is 5.91 Å². The Morgan fingerprint density at radius 1 is 1.12 bits per heavy atom. The predicted octanol–water partition coefficient (Wildman–Crippen LogP) is 3.98. The van der Waals surface area contributed by atoms with Crippen molar-refractivity contribution in [2.24, 2.45) is 5.92 Å². The highest BCUT2D eigenvalue weighted by Crippen LogP contribution is 2.23. The Bertz CT molecular complexity index is 749. The van der Waals surface area contributed by atoms with Gasteiger partial charge in [-0.25, -0.2) is 0 Å². The first kappa shape index (κ1) is 18.0. The molecule has 26 heavy (non-hydrogen) atoms. The largest absolute Gasteiger partial charge is 0.457 e. The maximum Gasteiger partial charge on any atom is 0.253 e. The van der Waals surface area contributed by atoms with Crippen molar-refractivity contribution in [3.05, 3.63) is 60.2 Å². The van der Waals surface area contributed by atoms with E-state index in [1.165, 1.54) is 0 Å².